The maximum Gasteiger partial charge on any atom is 0.271 e. The van der Waals surface area contributed by atoms with Gasteiger partial charge in [-0.15, -0.1) is 0 Å². The molecule has 3 aliphatic rings. The second kappa shape index (κ2) is 9.37. The van der Waals surface area contributed by atoms with E-state index in [4.69, 9.17) is 4.42 Å². The fourth-order valence-corrected chi connectivity index (χ4v) is 5.77. The zero-order valence-electron chi connectivity index (χ0n) is 19.7. The van der Waals surface area contributed by atoms with E-state index in [2.05, 4.69) is 10.2 Å². The molecule has 1 atom stereocenters. The van der Waals surface area contributed by atoms with Gasteiger partial charge in [-0.25, -0.2) is 0 Å². The minimum absolute atomic E-state index is 0.0386. The molecule has 2 aliphatic heterocycles. The van der Waals surface area contributed by atoms with Crippen molar-refractivity contribution in [2.24, 2.45) is 0 Å². The van der Waals surface area contributed by atoms with Crippen LogP contribution in [0.3, 0.4) is 0 Å². The Bertz CT molecular complexity index is 968. The zero-order valence-corrected chi connectivity index (χ0v) is 19.7. The Morgan fingerprint density at radius 2 is 1.76 bits per heavy atom. The van der Waals surface area contributed by atoms with Crippen molar-refractivity contribution in [2.45, 2.75) is 76.4 Å². The number of likely N-dealkylation sites (tertiary alicyclic amines) is 1. The molecule has 0 spiro atoms. The van der Waals surface area contributed by atoms with Crippen molar-refractivity contribution in [3.63, 3.8) is 0 Å². The highest BCUT2D eigenvalue weighted by Gasteiger charge is 2.48. The van der Waals surface area contributed by atoms with Crippen LogP contribution in [0.5, 0.6) is 0 Å². The van der Waals surface area contributed by atoms with Crippen molar-refractivity contribution in [3.05, 3.63) is 36.2 Å². The minimum atomic E-state index is -0.946. The molecule has 2 amide bonds. The van der Waals surface area contributed by atoms with Crippen molar-refractivity contribution in [2.75, 3.05) is 26.2 Å². The fourth-order valence-electron chi connectivity index (χ4n) is 5.77. The molecule has 7 heteroatoms. The number of nitrogens with one attached hydrogen (secondary N) is 1. The van der Waals surface area contributed by atoms with Gasteiger partial charge in [0.05, 0.1) is 18.5 Å². The number of amides is 2. The predicted molar refractivity (Wildman–Crippen MR) is 127 cm³/mol. The SMILES string of the molecule is C[C@@]1(C(=O)NC2CCCC2)Cn2c(ccc2-c2ccco2)C(=O)N1CCN1CCCCCC1. The van der Waals surface area contributed by atoms with Crippen LogP contribution in [0.1, 0.15) is 68.8 Å². The Hall–Kier alpha value is -2.54. The topological polar surface area (TPSA) is 70.7 Å². The summed E-state index contributed by atoms with van der Waals surface area (Å²) in [5.74, 6) is 0.604. The molecule has 33 heavy (non-hydrogen) atoms. The summed E-state index contributed by atoms with van der Waals surface area (Å²) in [7, 11) is 0. The average molecular weight is 453 g/mol. The lowest BCUT2D eigenvalue weighted by Crippen LogP contribution is -2.65. The van der Waals surface area contributed by atoms with E-state index in [0.29, 0.717) is 24.5 Å². The molecule has 0 radical (unpaired) electrons. The molecular formula is C26H36N4O3. The summed E-state index contributed by atoms with van der Waals surface area (Å²) in [6, 6.07) is 7.76. The summed E-state index contributed by atoms with van der Waals surface area (Å²) in [5, 5.41) is 3.28. The monoisotopic (exact) mass is 452 g/mol. The fraction of sp³-hybridized carbons (Fsp3) is 0.615. The molecule has 4 heterocycles. The molecule has 2 aromatic rings. The van der Waals surface area contributed by atoms with Gasteiger partial charge in [-0.3, -0.25) is 9.59 Å². The number of rotatable bonds is 6. The molecule has 2 aromatic heterocycles. The molecule has 0 aromatic carbocycles. The molecule has 0 bridgehead atoms. The standard InChI is InChI=1S/C26H36N4O3/c1-26(25(32)27-20-9-4-5-10-20)19-29-21(23-11-8-18-33-23)12-13-22(29)24(31)30(26)17-16-28-14-6-2-3-7-15-28/h8,11-13,18,20H,2-7,9-10,14-17,19H2,1H3,(H,27,32)/t26-/m0/s1. The molecule has 5 rings (SSSR count). The number of hydrogen-bond acceptors (Lipinski definition) is 4. The lowest BCUT2D eigenvalue weighted by atomic mass is 9.94. The zero-order chi connectivity index (χ0) is 22.8. The number of furan rings is 1. The number of carbonyl (C=O) groups excluding carboxylic acids is 2. The van der Waals surface area contributed by atoms with Crippen molar-refractivity contribution < 1.29 is 14.0 Å². The van der Waals surface area contributed by atoms with Gasteiger partial charge in [-0.05, 0) is 70.0 Å². The van der Waals surface area contributed by atoms with Crippen LogP contribution >= 0.6 is 0 Å². The van der Waals surface area contributed by atoms with Gasteiger partial charge in [0.15, 0.2) is 0 Å². The maximum atomic E-state index is 13.8. The van der Waals surface area contributed by atoms with E-state index in [0.717, 1.165) is 51.0 Å². The molecule has 0 unspecified atom stereocenters. The summed E-state index contributed by atoms with van der Waals surface area (Å²) < 4.78 is 7.60. The van der Waals surface area contributed by atoms with E-state index in [9.17, 15) is 9.59 Å². The van der Waals surface area contributed by atoms with Crippen LogP contribution in [-0.2, 0) is 11.3 Å². The number of fused-ring (bicyclic) bond motifs is 1. The summed E-state index contributed by atoms with van der Waals surface area (Å²) in [5.41, 5.74) is 0.526. The lowest BCUT2D eigenvalue weighted by Gasteiger charge is -2.45. The Kier molecular flexibility index (Phi) is 6.32. The third-order valence-corrected chi connectivity index (χ3v) is 7.80. The first kappa shape index (κ1) is 22.3. The van der Waals surface area contributed by atoms with Crippen LogP contribution < -0.4 is 5.32 Å². The van der Waals surface area contributed by atoms with Gasteiger partial charge in [0.2, 0.25) is 5.91 Å². The Labute approximate surface area is 196 Å². The first-order valence-corrected chi connectivity index (χ1v) is 12.6. The molecule has 1 aliphatic carbocycles. The van der Waals surface area contributed by atoms with Crippen molar-refractivity contribution >= 4 is 11.8 Å². The van der Waals surface area contributed by atoms with E-state index in [1.54, 1.807) is 6.26 Å². The van der Waals surface area contributed by atoms with Gasteiger partial charge < -0.3 is 24.1 Å². The van der Waals surface area contributed by atoms with Crippen molar-refractivity contribution in [1.82, 2.24) is 19.7 Å². The largest absolute Gasteiger partial charge is 0.463 e. The molecule has 7 nitrogen and oxygen atoms in total. The van der Waals surface area contributed by atoms with Crippen LogP contribution in [0, 0.1) is 0 Å². The van der Waals surface area contributed by atoms with E-state index in [-0.39, 0.29) is 17.9 Å². The first-order valence-electron chi connectivity index (χ1n) is 12.6. The minimum Gasteiger partial charge on any atom is -0.463 e. The van der Waals surface area contributed by atoms with Crippen LogP contribution in [-0.4, -0.2) is 63.9 Å². The predicted octanol–water partition coefficient (Wildman–Crippen LogP) is 3.90. The van der Waals surface area contributed by atoms with Gasteiger partial charge in [0, 0.05) is 19.1 Å². The number of hydrogen-bond donors (Lipinski definition) is 1. The van der Waals surface area contributed by atoms with E-state index < -0.39 is 5.54 Å². The number of nitrogens with zero attached hydrogens (tertiary/aromatic N) is 3. The Balaban J connectivity index is 1.43. The first-order chi connectivity index (χ1) is 16.1. The molecule has 2 fully saturated rings. The van der Waals surface area contributed by atoms with Crippen LogP contribution in [0.25, 0.3) is 11.5 Å². The van der Waals surface area contributed by atoms with Gasteiger partial charge in [0.25, 0.3) is 5.91 Å². The van der Waals surface area contributed by atoms with Gasteiger partial charge in [-0.1, -0.05) is 25.7 Å². The van der Waals surface area contributed by atoms with E-state index >= 15 is 0 Å². The average Bonchev–Trinajstić information content (AvgIpc) is 3.54. The normalized spacial score (nSPS) is 24.6. The van der Waals surface area contributed by atoms with Crippen LogP contribution in [0.4, 0.5) is 0 Å². The molecule has 178 valence electrons. The summed E-state index contributed by atoms with van der Waals surface area (Å²) in [4.78, 5) is 31.8. The Morgan fingerprint density at radius 1 is 1.03 bits per heavy atom. The van der Waals surface area contributed by atoms with Gasteiger partial charge >= 0.3 is 0 Å². The highest BCUT2D eigenvalue weighted by atomic mass is 16.3. The highest BCUT2D eigenvalue weighted by Crippen LogP contribution is 2.34. The molecule has 1 saturated heterocycles. The van der Waals surface area contributed by atoms with Gasteiger partial charge in [-0.2, -0.15) is 0 Å². The molecule has 1 saturated carbocycles. The third-order valence-electron chi connectivity index (χ3n) is 7.80. The van der Waals surface area contributed by atoms with E-state index in [1.807, 2.05) is 40.7 Å². The van der Waals surface area contributed by atoms with Crippen LogP contribution in [0.15, 0.2) is 34.9 Å². The Morgan fingerprint density at radius 3 is 2.45 bits per heavy atom. The van der Waals surface area contributed by atoms with Crippen molar-refractivity contribution in [1.29, 1.82) is 0 Å². The highest BCUT2D eigenvalue weighted by molar-refractivity contribution is 6.00. The third kappa shape index (κ3) is 4.35. The van der Waals surface area contributed by atoms with Crippen molar-refractivity contribution in [3.8, 4) is 11.5 Å². The van der Waals surface area contributed by atoms with E-state index in [1.165, 1.54) is 25.7 Å². The molecular weight excluding hydrogens is 416 g/mol. The smallest absolute Gasteiger partial charge is 0.271 e. The summed E-state index contributed by atoms with van der Waals surface area (Å²) in [6.45, 7) is 5.89. The summed E-state index contributed by atoms with van der Waals surface area (Å²) in [6.07, 6.45) is 11.0. The maximum absolute atomic E-state index is 13.8. The molecule has 1 N–H and O–H groups in total. The number of aromatic nitrogens is 1. The number of carbonyl (C=O) groups is 2. The lowest BCUT2D eigenvalue weighted by molar-refractivity contribution is -0.133. The second-order valence-electron chi connectivity index (χ2n) is 10.1. The van der Waals surface area contributed by atoms with Gasteiger partial charge in [0.1, 0.15) is 17.0 Å². The summed E-state index contributed by atoms with van der Waals surface area (Å²) >= 11 is 0. The quantitative estimate of drug-likeness (QED) is 0.722. The van der Waals surface area contributed by atoms with Crippen LogP contribution in [0.2, 0.25) is 0 Å². The second-order valence-corrected chi connectivity index (χ2v) is 10.1.